The van der Waals surface area contributed by atoms with Gasteiger partial charge in [-0.15, -0.1) is 0 Å². The van der Waals surface area contributed by atoms with Crippen LogP contribution in [0, 0.1) is 0 Å². The van der Waals surface area contributed by atoms with Crippen molar-refractivity contribution in [1.82, 2.24) is 15.6 Å². The SMILES string of the molecule is COc1ccc([C@H](C)NC(=O)NC(c2ccc(C(F)(F)F)cc2)c2ncccc2C(F)(F)F)cc1. The quantitative estimate of drug-likeness (QED) is 0.394. The third-order valence-corrected chi connectivity index (χ3v) is 5.23. The van der Waals surface area contributed by atoms with E-state index >= 15 is 0 Å². The van der Waals surface area contributed by atoms with Crippen molar-refractivity contribution in [2.45, 2.75) is 31.4 Å². The maximum Gasteiger partial charge on any atom is 0.418 e. The summed E-state index contributed by atoms with van der Waals surface area (Å²) in [6.45, 7) is 1.66. The smallest absolute Gasteiger partial charge is 0.418 e. The maximum absolute atomic E-state index is 13.6. The van der Waals surface area contributed by atoms with Crippen molar-refractivity contribution in [2.24, 2.45) is 0 Å². The Labute approximate surface area is 197 Å². The second-order valence-corrected chi connectivity index (χ2v) is 7.60. The number of urea groups is 1. The van der Waals surface area contributed by atoms with Gasteiger partial charge in [-0.1, -0.05) is 24.3 Å². The van der Waals surface area contributed by atoms with Crippen molar-refractivity contribution in [2.75, 3.05) is 7.11 Å². The first-order valence-electron chi connectivity index (χ1n) is 10.3. The largest absolute Gasteiger partial charge is 0.497 e. The van der Waals surface area contributed by atoms with Crippen molar-refractivity contribution in [3.63, 3.8) is 0 Å². The Bertz CT molecular complexity index is 1150. The number of rotatable bonds is 6. The summed E-state index contributed by atoms with van der Waals surface area (Å²) in [5, 5.41) is 5.04. The number of carbonyl (C=O) groups is 1. The molecule has 0 saturated carbocycles. The monoisotopic (exact) mass is 497 g/mol. The number of carbonyl (C=O) groups excluding carboxylic acids is 1. The Morgan fingerprint density at radius 1 is 0.857 bits per heavy atom. The van der Waals surface area contributed by atoms with Gasteiger partial charge >= 0.3 is 18.4 Å². The van der Waals surface area contributed by atoms with E-state index in [0.717, 1.165) is 42.6 Å². The Morgan fingerprint density at radius 3 is 2.00 bits per heavy atom. The topological polar surface area (TPSA) is 63.2 Å². The summed E-state index contributed by atoms with van der Waals surface area (Å²) in [6.07, 6.45) is -8.32. The van der Waals surface area contributed by atoms with Gasteiger partial charge in [0.15, 0.2) is 0 Å². The number of aromatic nitrogens is 1. The summed E-state index contributed by atoms with van der Waals surface area (Å²) in [5.41, 5.74) is -1.95. The molecule has 2 N–H and O–H groups in total. The Balaban J connectivity index is 1.92. The number of alkyl halides is 6. The number of hydrogen-bond donors (Lipinski definition) is 2. The van der Waals surface area contributed by atoms with E-state index in [4.69, 9.17) is 4.74 Å². The van der Waals surface area contributed by atoms with E-state index < -0.39 is 47.3 Å². The highest BCUT2D eigenvalue weighted by Crippen LogP contribution is 2.36. The minimum absolute atomic E-state index is 0.00514. The van der Waals surface area contributed by atoms with Crippen LogP contribution in [0.25, 0.3) is 0 Å². The highest BCUT2D eigenvalue weighted by Gasteiger charge is 2.37. The number of amides is 2. The average molecular weight is 497 g/mol. The van der Waals surface area contributed by atoms with Gasteiger partial charge in [0.05, 0.1) is 36.0 Å². The molecular weight excluding hydrogens is 476 g/mol. The molecule has 0 spiro atoms. The fourth-order valence-corrected chi connectivity index (χ4v) is 3.41. The lowest BCUT2D eigenvalue weighted by Crippen LogP contribution is -2.40. The molecule has 2 aromatic carbocycles. The van der Waals surface area contributed by atoms with Gasteiger partial charge in [0, 0.05) is 6.20 Å². The van der Waals surface area contributed by atoms with Crippen LogP contribution in [0.5, 0.6) is 5.75 Å². The number of ether oxygens (including phenoxy) is 1. The molecule has 0 bridgehead atoms. The lowest BCUT2D eigenvalue weighted by atomic mass is 9.98. The summed E-state index contributed by atoms with van der Waals surface area (Å²) >= 11 is 0. The molecule has 5 nitrogen and oxygen atoms in total. The van der Waals surface area contributed by atoms with E-state index in [-0.39, 0.29) is 5.56 Å². The van der Waals surface area contributed by atoms with Gasteiger partial charge < -0.3 is 15.4 Å². The van der Waals surface area contributed by atoms with Crippen molar-refractivity contribution < 1.29 is 35.9 Å². The number of methoxy groups -OCH3 is 1. The summed E-state index contributed by atoms with van der Waals surface area (Å²) in [7, 11) is 1.50. The maximum atomic E-state index is 13.6. The van der Waals surface area contributed by atoms with Crippen molar-refractivity contribution in [1.29, 1.82) is 0 Å². The van der Waals surface area contributed by atoms with E-state index in [1.165, 1.54) is 7.11 Å². The Kier molecular flexibility index (Phi) is 7.57. The number of benzene rings is 2. The molecule has 1 aromatic heterocycles. The van der Waals surface area contributed by atoms with Crippen molar-refractivity contribution >= 4 is 6.03 Å². The highest BCUT2D eigenvalue weighted by atomic mass is 19.4. The molecule has 0 radical (unpaired) electrons. The molecule has 3 rings (SSSR count). The molecule has 2 amide bonds. The van der Waals surface area contributed by atoms with E-state index in [1.807, 2.05) is 0 Å². The van der Waals surface area contributed by atoms with Gasteiger partial charge in [-0.2, -0.15) is 26.3 Å². The van der Waals surface area contributed by atoms with Gasteiger partial charge in [-0.25, -0.2) is 4.79 Å². The normalized spacial score (nSPS) is 13.6. The highest BCUT2D eigenvalue weighted by molar-refractivity contribution is 5.75. The Morgan fingerprint density at radius 2 is 1.46 bits per heavy atom. The van der Waals surface area contributed by atoms with E-state index in [9.17, 15) is 31.1 Å². The average Bonchev–Trinajstić information content (AvgIpc) is 2.81. The third-order valence-electron chi connectivity index (χ3n) is 5.23. The van der Waals surface area contributed by atoms with Gasteiger partial charge in [-0.3, -0.25) is 4.98 Å². The fourth-order valence-electron chi connectivity index (χ4n) is 3.41. The molecule has 3 aromatic rings. The Hall–Kier alpha value is -3.76. The zero-order chi connectivity index (χ0) is 25.8. The lowest BCUT2D eigenvalue weighted by Gasteiger charge is -2.24. The molecule has 35 heavy (non-hydrogen) atoms. The van der Waals surface area contributed by atoms with Crippen LogP contribution in [0.4, 0.5) is 31.1 Å². The second-order valence-electron chi connectivity index (χ2n) is 7.60. The van der Waals surface area contributed by atoms with Crippen LogP contribution in [0.3, 0.4) is 0 Å². The molecule has 0 fully saturated rings. The van der Waals surface area contributed by atoms with Crippen molar-refractivity contribution in [3.05, 3.63) is 94.8 Å². The van der Waals surface area contributed by atoms with Crippen LogP contribution < -0.4 is 15.4 Å². The summed E-state index contributed by atoms with van der Waals surface area (Å²) in [4.78, 5) is 16.6. The molecule has 0 saturated heterocycles. The molecule has 11 heteroatoms. The fraction of sp³-hybridized carbons (Fsp3) is 0.250. The zero-order valence-corrected chi connectivity index (χ0v) is 18.5. The standard InChI is InChI=1S/C24H21F6N3O2/c1-14(15-7-11-18(35-2)12-8-15)32-22(34)33-20(16-5-9-17(10-6-16)23(25,26)27)21-19(24(28,29)30)4-3-13-31-21/h3-14,20H,1-2H3,(H2,32,33,34)/t14-,20?/m0/s1. The van der Waals surface area contributed by atoms with Crippen LogP contribution in [0.2, 0.25) is 0 Å². The first-order chi connectivity index (χ1) is 16.4. The van der Waals surface area contributed by atoms with E-state index in [2.05, 4.69) is 15.6 Å². The molecule has 0 aliphatic rings. The van der Waals surface area contributed by atoms with Crippen LogP contribution >= 0.6 is 0 Å². The predicted molar refractivity (Wildman–Crippen MR) is 116 cm³/mol. The summed E-state index contributed by atoms with van der Waals surface area (Å²) in [6, 6.07) is 9.28. The lowest BCUT2D eigenvalue weighted by molar-refractivity contribution is -0.139. The zero-order valence-electron chi connectivity index (χ0n) is 18.5. The number of nitrogens with one attached hydrogen (secondary N) is 2. The number of halogens is 6. The van der Waals surface area contributed by atoms with Crippen molar-refractivity contribution in [3.8, 4) is 5.75 Å². The number of hydrogen-bond acceptors (Lipinski definition) is 3. The van der Waals surface area contributed by atoms with E-state index in [0.29, 0.717) is 11.3 Å². The molecule has 1 unspecified atom stereocenters. The minimum atomic E-state index is -4.80. The van der Waals surface area contributed by atoms with Crippen LogP contribution in [-0.2, 0) is 12.4 Å². The van der Waals surface area contributed by atoms with Gasteiger partial charge in [0.25, 0.3) is 0 Å². The minimum Gasteiger partial charge on any atom is -0.497 e. The molecule has 186 valence electrons. The van der Waals surface area contributed by atoms with Crippen LogP contribution in [0.15, 0.2) is 66.9 Å². The molecule has 0 aliphatic carbocycles. The third kappa shape index (κ3) is 6.43. The molecule has 2 atom stereocenters. The van der Waals surface area contributed by atoms with E-state index in [1.54, 1.807) is 31.2 Å². The first-order valence-corrected chi connectivity index (χ1v) is 10.3. The molecular formula is C24H21F6N3O2. The van der Waals surface area contributed by atoms with Gasteiger partial charge in [0.1, 0.15) is 5.75 Å². The first kappa shape index (κ1) is 25.9. The summed E-state index contributed by atoms with van der Waals surface area (Å²) < 4.78 is 85.0. The molecule has 1 heterocycles. The van der Waals surface area contributed by atoms with Gasteiger partial charge in [-0.05, 0) is 54.4 Å². The number of pyridine rings is 1. The van der Waals surface area contributed by atoms with Gasteiger partial charge in [0.2, 0.25) is 0 Å². The number of nitrogens with zero attached hydrogens (tertiary/aromatic N) is 1. The summed E-state index contributed by atoms with van der Waals surface area (Å²) in [5.74, 6) is 0.600. The second kappa shape index (κ2) is 10.2. The predicted octanol–water partition coefficient (Wildman–Crippen LogP) is 6.28. The van der Waals surface area contributed by atoms with Crippen LogP contribution in [-0.4, -0.2) is 18.1 Å². The van der Waals surface area contributed by atoms with Crippen LogP contribution in [0.1, 0.15) is 47.0 Å². The molecule has 0 aliphatic heterocycles.